The fourth-order valence-corrected chi connectivity index (χ4v) is 2.45. The van der Waals surface area contributed by atoms with Gasteiger partial charge in [-0.25, -0.2) is 0 Å². The molecule has 0 amide bonds. The van der Waals surface area contributed by atoms with Gasteiger partial charge in [-0.05, 0) is 24.7 Å². The summed E-state index contributed by atoms with van der Waals surface area (Å²) in [4.78, 5) is 13.1. The van der Waals surface area contributed by atoms with Gasteiger partial charge in [-0.3, -0.25) is 9.69 Å². The van der Waals surface area contributed by atoms with E-state index in [0.717, 1.165) is 13.1 Å². The molecule has 1 saturated heterocycles. The number of rotatable bonds is 6. The van der Waals surface area contributed by atoms with Gasteiger partial charge in [0.2, 0.25) is 0 Å². The van der Waals surface area contributed by atoms with E-state index < -0.39 is 5.97 Å². The average molecular weight is 227 g/mol. The van der Waals surface area contributed by atoms with Crippen molar-refractivity contribution in [2.75, 3.05) is 13.1 Å². The molecule has 0 atom stereocenters. The fraction of sp³-hybridized carbons (Fsp3) is 0.923. The van der Waals surface area contributed by atoms with E-state index in [-0.39, 0.29) is 5.92 Å². The number of carboxylic acid groups (broad SMARTS) is 1. The summed E-state index contributed by atoms with van der Waals surface area (Å²) in [5.41, 5.74) is 0. The van der Waals surface area contributed by atoms with Crippen molar-refractivity contribution in [3.05, 3.63) is 0 Å². The van der Waals surface area contributed by atoms with E-state index >= 15 is 0 Å². The van der Waals surface area contributed by atoms with Crippen LogP contribution in [0.5, 0.6) is 0 Å². The Morgan fingerprint density at radius 3 is 1.94 bits per heavy atom. The highest BCUT2D eigenvalue weighted by Crippen LogP contribution is 2.26. The molecule has 0 aromatic carbocycles. The van der Waals surface area contributed by atoms with Gasteiger partial charge in [-0.2, -0.15) is 0 Å². The Morgan fingerprint density at radius 1 is 1.19 bits per heavy atom. The van der Waals surface area contributed by atoms with E-state index in [1.807, 2.05) is 0 Å². The predicted octanol–water partition coefficient (Wildman–Crippen LogP) is 2.46. The second-order valence-electron chi connectivity index (χ2n) is 5.90. The Bertz CT molecular complexity index is 222. The van der Waals surface area contributed by atoms with Crippen LogP contribution in [0.25, 0.3) is 0 Å². The molecule has 16 heavy (non-hydrogen) atoms. The summed E-state index contributed by atoms with van der Waals surface area (Å²) in [6.45, 7) is 10.5. The lowest BCUT2D eigenvalue weighted by Gasteiger charge is -2.43. The van der Waals surface area contributed by atoms with Gasteiger partial charge in [0, 0.05) is 19.1 Å². The van der Waals surface area contributed by atoms with E-state index in [2.05, 4.69) is 32.6 Å². The highest BCUT2D eigenvalue weighted by molar-refractivity contribution is 5.71. The molecule has 0 spiro atoms. The molecule has 0 aliphatic carbocycles. The van der Waals surface area contributed by atoms with Crippen LogP contribution in [0, 0.1) is 17.8 Å². The van der Waals surface area contributed by atoms with E-state index in [1.165, 1.54) is 12.8 Å². The fourth-order valence-electron chi connectivity index (χ4n) is 2.45. The Labute approximate surface area is 98.8 Å². The molecular formula is C13H25NO2. The first-order valence-corrected chi connectivity index (χ1v) is 6.37. The zero-order valence-electron chi connectivity index (χ0n) is 10.9. The van der Waals surface area contributed by atoms with E-state index in [1.54, 1.807) is 0 Å². The quantitative estimate of drug-likeness (QED) is 0.757. The van der Waals surface area contributed by atoms with Crippen LogP contribution in [0.15, 0.2) is 0 Å². The molecule has 1 fully saturated rings. The number of carboxylic acids is 1. The molecule has 94 valence electrons. The Hall–Kier alpha value is -0.570. The molecule has 0 bridgehead atoms. The van der Waals surface area contributed by atoms with Crippen molar-refractivity contribution in [1.29, 1.82) is 0 Å². The maximum absolute atomic E-state index is 10.8. The first kappa shape index (κ1) is 13.5. The molecule has 1 aliphatic heterocycles. The topological polar surface area (TPSA) is 40.5 Å². The summed E-state index contributed by atoms with van der Waals surface area (Å²) < 4.78 is 0. The van der Waals surface area contributed by atoms with Gasteiger partial charge in [0.1, 0.15) is 0 Å². The first-order chi connectivity index (χ1) is 7.40. The zero-order chi connectivity index (χ0) is 12.3. The van der Waals surface area contributed by atoms with Crippen molar-refractivity contribution < 1.29 is 9.90 Å². The normalized spacial score (nSPS) is 18.4. The van der Waals surface area contributed by atoms with Crippen molar-refractivity contribution in [2.24, 2.45) is 17.8 Å². The van der Waals surface area contributed by atoms with Crippen LogP contribution in [0.1, 0.15) is 40.5 Å². The minimum atomic E-state index is -0.635. The lowest BCUT2D eigenvalue weighted by atomic mass is 9.89. The molecule has 0 saturated carbocycles. The molecule has 1 heterocycles. The standard InChI is InChI=1S/C13H25NO2/c1-9(2)5-12(6-10(3)4)14-7-11(8-14)13(15)16/h9-12H,5-8H2,1-4H3,(H,15,16). The van der Waals surface area contributed by atoms with Crippen molar-refractivity contribution in [1.82, 2.24) is 4.90 Å². The summed E-state index contributed by atoms with van der Waals surface area (Å²) in [5.74, 6) is 0.617. The third-order valence-corrected chi connectivity index (χ3v) is 3.26. The van der Waals surface area contributed by atoms with Crippen LogP contribution < -0.4 is 0 Å². The summed E-state index contributed by atoms with van der Waals surface area (Å²) >= 11 is 0. The minimum Gasteiger partial charge on any atom is -0.481 e. The number of nitrogens with zero attached hydrogens (tertiary/aromatic N) is 1. The number of carbonyl (C=O) groups is 1. The first-order valence-electron chi connectivity index (χ1n) is 6.37. The molecule has 0 unspecified atom stereocenters. The van der Waals surface area contributed by atoms with Gasteiger partial charge in [0.05, 0.1) is 5.92 Å². The Morgan fingerprint density at radius 2 is 1.62 bits per heavy atom. The van der Waals surface area contributed by atoms with Crippen molar-refractivity contribution in [3.8, 4) is 0 Å². The average Bonchev–Trinajstić information content (AvgIpc) is 1.96. The second-order valence-corrected chi connectivity index (χ2v) is 5.90. The Balaban J connectivity index is 2.42. The van der Waals surface area contributed by atoms with Crippen LogP contribution in [0.4, 0.5) is 0 Å². The second kappa shape index (κ2) is 5.67. The minimum absolute atomic E-state index is 0.123. The third-order valence-electron chi connectivity index (χ3n) is 3.26. The molecule has 1 aliphatic rings. The number of hydrogen-bond donors (Lipinski definition) is 1. The van der Waals surface area contributed by atoms with Crippen LogP contribution in [-0.2, 0) is 4.79 Å². The summed E-state index contributed by atoms with van der Waals surface area (Å²) in [6, 6.07) is 0.579. The molecule has 1 N–H and O–H groups in total. The highest BCUT2D eigenvalue weighted by Gasteiger charge is 2.36. The molecule has 1 rings (SSSR count). The maximum atomic E-state index is 10.8. The smallest absolute Gasteiger partial charge is 0.309 e. The number of likely N-dealkylation sites (tertiary alicyclic amines) is 1. The van der Waals surface area contributed by atoms with Crippen LogP contribution in [0.3, 0.4) is 0 Å². The van der Waals surface area contributed by atoms with E-state index in [9.17, 15) is 4.79 Å². The highest BCUT2D eigenvalue weighted by atomic mass is 16.4. The van der Waals surface area contributed by atoms with Crippen molar-refractivity contribution >= 4 is 5.97 Å². The van der Waals surface area contributed by atoms with Gasteiger partial charge in [-0.15, -0.1) is 0 Å². The van der Waals surface area contributed by atoms with E-state index in [0.29, 0.717) is 17.9 Å². The third kappa shape index (κ3) is 3.78. The Kier molecular flexibility index (Phi) is 4.78. The van der Waals surface area contributed by atoms with Crippen LogP contribution in [0.2, 0.25) is 0 Å². The SMILES string of the molecule is CC(C)CC(CC(C)C)N1CC(C(=O)O)C1. The van der Waals surface area contributed by atoms with Gasteiger partial charge >= 0.3 is 5.97 Å². The van der Waals surface area contributed by atoms with Crippen molar-refractivity contribution in [3.63, 3.8) is 0 Å². The lowest BCUT2D eigenvalue weighted by molar-refractivity contribution is -0.149. The number of hydrogen-bond acceptors (Lipinski definition) is 2. The molecule has 3 nitrogen and oxygen atoms in total. The monoisotopic (exact) mass is 227 g/mol. The molecular weight excluding hydrogens is 202 g/mol. The molecule has 3 heteroatoms. The zero-order valence-corrected chi connectivity index (χ0v) is 10.9. The van der Waals surface area contributed by atoms with Gasteiger partial charge < -0.3 is 5.11 Å². The van der Waals surface area contributed by atoms with Crippen molar-refractivity contribution in [2.45, 2.75) is 46.6 Å². The summed E-state index contributed by atoms with van der Waals surface area (Å²) in [7, 11) is 0. The lowest BCUT2D eigenvalue weighted by Crippen LogP contribution is -2.55. The summed E-state index contributed by atoms with van der Waals surface area (Å²) in [6.07, 6.45) is 2.37. The van der Waals surface area contributed by atoms with Crippen LogP contribution >= 0.6 is 0 Å². The predicted molar refractivity (Wildman–Crippen MR) is 65.4 cm³/mol. The van der Waals surface area contributed by atoms with Crippen LogP contribution in [-0.4, -0.2) is 35.1 Å². The summed E-state index contributed by atoms with van der Waals surface area (Å²) in [5, 5.41) is 8.87. The largest absolute Gasteiger partial charge is 0.481 e. The molecule has 0 aromatic rings. The number of aliphatic carboxylic acids is 1. The maximum Gasteiger partial charge on any atom is 0.309 e. The molecule has 0 aromatic heterocycles. The van der Waals surface area contributed by atoms with Gasteiger partial charge in [-0.1, -0.05) is 27.7 Å². The molecule has 0 radical (unpaired) electrons. The van der Waals surface area contributed by atoms with Gasteiger partial charge in [0.15, 0.2) is 0 Å². The van der Waals surface area contributed by atoms with E-state index in [4.69, 9.17) is 5.11 Å². The van der Waals surface area contributed by atoms with Gasteiger partial charge in [0.25, 0.3) is 0 Å².